The van der Waals surface area contributed by atoms with Gasteiger partial charge in [0.1, 0.15) is 5.60 Å². The normalized spacial score (nSPS) is 21.9. The average Bonchev–Trinajstić information content (AvgIpc) is 2.27. The zero-order valence-corrected chi connectivity index (χ0v) is 11.4. The quantitative estimate of drug-likeness (QED) is 0.458. The predicted molar refractivity (Wildman–Crippen MR) is 70.3 cm³/mol. The third kappa shape index (κ3) is 5.65. The van der Waals surface area contributed by atoms with Crippen molar-refractivity contribution in [2.24, 2.45) is 0 Å². The van der Waals surface area contributed by atoms with Crippen LogP contribution in [0.1, 0.15) is 20.8 Å². The number of nitrogens with one attached hydrogen (secondary N) is 1. The summed E-state index contributed by atoms with van der Waals surface area (Å²) in [6, 6.07) is 0.0821. The van der Waals surface area contributed by atoms with Crippen LogP contribution in [0.15, 0.2) is 0 Å². The highest BCUT2D eigenvalue weighted by molar-refractivity contribution is 8.15. The molecule has 0 aliphatic carbocycles. The number of amides is 1. The third-order valence-electron chi connectivity index (χ3n) is 2.24. The average molecular weight is 261 g/mol. The van der Waals surface area contributed by atoms with Crippen LogP contribution < -0.4 is 5.32 Å². The van der Waals surface area contributed by atoms with Crippen LogP contribution in [0.25, 0.3) is 0 Å². The molecule has 1 N–H and O–H groups in total. The number of ether oxygens (including phenoxy) is 1. The molecule has 1 fully saturated rings. The van der Waals surface area contributed by atoms with Crippen LogP contribution in [0.3, 0.4) is 0 Å². The minimum Gasteiger partial charge on any atom is -0.444 e. The Labute approximate surface area is 109 Å². The van der Waals surface area contributed by atoms with Gasteiger partial charge >= 0.3 is 6.09 Å². The van der Waals surface area contributed by atoms with Crippen molar-refractivity contribution in [2.45, 2.75) is 32.4 Å². The summed E-state index contributed by atoms with van der Waals surface area (Å²) in [5.74, 6) is 0. The molecule has 1 aliphatic rings. The second kappa shape index (κ2) is 6.51. The van der Waals surface area contributed by atoms with Gasteiger partial charge in [0.05, 0.1) is 6.61 Å². The Morgan fingerprint density at radius 3 is 3.12 bits per heavy atom. The summed E-state index contributed by atoms with van der Waals surface area (Å²) >= 11 is 0.988. The molecule has 1 unspecified atom stereocenters. The van der Waals surface area contributed by atoms with E-state index in [0.29, 0.717) is 19.7 Å². The molecule has 0 aromatic carbocycles. The summed E-state index contributed by atoms with van der Waals surface area (Å²) in [5.41, 5.74) is -0.468. The smallest absolute Gasteiger partial charge is 0.410 e. The van der Waals surface area contributed by atoms with E-state index in [9.17, 15) is 4.79 Å². The molecule has 1 radical (unpaired) electrons. The molecule has 1 saturated heterocycles. The minimum atomic E-state index is -0.468. The Hall–Kier alpha value is -0.395. The maximum atomic E-state index is 11.9. The number of piperazine rings is 1. The van der Waals surface area contributed by atoms with Crippen LogP contribution in [0.2, 0.25) is 0 Å². The lowest BCUT2D eigenvalue weighted by molar-refractivity contribution is 0.0182. The zero-order chi connectivity index (χ0) is 13.6. The second-order valence-corrected chi connectivity index (χ2v) is 5.39. The molecule has 1 atom stereocenters. The van der Waals surface area contributed by atoms with Gasteiger partial charge in [-0.2, -0.15) is 0 Å². The highest BCUT2D eigenvalue weighted by atomic mass is 32.2. The summed E-state index contributed by atoms with van der Waals surface area (Å²) in [4.78, 5) is 13.6. The lowest BCUT2D eigenvalue weighted by Gasteiger charge is -2.34. The molecular formula is C10H20BN2O3S. The molecule has 1 rings (SSSR count). The molecule has 7 heteroatoms. The van der Waals surface area contributed by atoms with Gasteiger partial charge in [0, 0.05) is 25.7 Å². The molecule has 17 heavy (non-hydrogen) atoms. The Morgan fingerprint density at radius 2 is 2.47 bits per heavy atom. The fourth-order valence-electron chi connectivity index (χ4n) is 1.55. The molecule has 1 aliphatic heterocycles. The van der Waals surface area contributed by atoms with Gasteiger partial charge in [-0.1, -0.05) is 11.9 Å². The zero-order valence-electron chi connectivity index (χ0n) is 11.6. The van der Waals surface area contributed by atoms with Gasteiger partial charge in [0.2, 0.25) is 7.09 Å². The molecule has 97 valence electrons. The van der Waals surface area contributed by atoms with Gasteiger partial charge in [-0.05, 0) is 22.1 Å². The lowest BCUT2D eigenvalue weighted by atomic mass is 10.2. The number of nitrogens with zero attached hydrogens (tertiary/aromatic N) is 1. The van der Waals surface area contributed by atoms with E-state index in [-0.39, 0.29) is 12.1 Å². The Morgan fingerprint density at radius 1 is 1.71 bits per heavy atom. The highest BCUT2D eigenvalue weighted by Gasteiger charge is 2.27. The van der Waals surface area contributed by atoms with Crippen molar-refractivity contribution in [1.29, 1.82) is 1.34 Å². The topological polar surface area (TPSA) is 50.8 Å². The van der Waals surface area contributed by atoms with E-state index in [0.717, 1.165) is 25.5 Å². The van der Waals surface area contributed by atoms with Gasteiger partial charge < -0.3 is 19.1 Å². The standard InChI is InChI=1S/C10H20BN2O3S/c1-10(2,3)16-9(14)13-5-4-12-8(6-13)7-15-17-11/h8,11-12H,4-7H2,1-3H3/i11T. The van der Waals surface area contributed by atoms with Crippen molar-refractivity contribution in [3.63, 3.8) is 0 Å². The summed E-state index contributed by atoms with van der Waals surface area (Å²) in [7, 11) is 1.13. The Kier molecular flexibility index (Phi) is 5.00. The van der Waals surface area contributed by atoms with Crippen molar-refractivity contribution in [2.75, 3.05) is 26.2 Å². The Bertz CT molecular complexity index is 278. The van der Waals surface area contributed by atoms with E-state index in [4.69, 9.17) is 10.3 Å². The van der Waals surface area contributed by atoms with Crippen molar-refractivity contribution in [3.05, 3.63) is 0 Å². The van der Waals surface area contributed by atoms with Crippen LogP contribution in [-0.2, 0) is 8.92 Å². The predicted octanol–water partition coefficient (Wildman–Crippen LogP) is 0.676. The number of rotatable bonds is 4. The molecule has 0 spiro atoms. The maximum Gasteiger partial charge on any atom is 0.410 e. The molecule has 1 amide bonds. The van der Waals surface area contributed by atoms with Crippen LogP contribution in [0.5, 0.6) is 0 Å². The van der Waals surface area contributed by atoms with E-state index in [1.807, 2.05) is 20.8 Å². The molecular weight excluding hydrogens is 239 g/mol. The molecule has 5 nitrogen and oxygen atoms in total. The first-order valence-electron chi connectivity index (χ1n) is 6.20. The second-order valence-electron chi connectivity index (χ2n) is 4.96. The van der Waals surface area contributed by atoms with Crippen LogP contribution >= 0.6 is 11.9 Å². The van der Waals surface area contributed by atoms with Gasteiger partial charge in [0.25, 0.3) is 0 Å². The molecule has 0 bridgehead atoms. The summed E-state index contributed by atoms with van der Waals surface area (Å²) in [6.07, 6.45) is -0.284. The first-order chi connectivity index (χ1) is 8.42. The fourth-order valence-corrected chi connectivity index (χ4v) is 1.79. The van der Waals surface area contributed by atoms with Crippen molar-refractivity contribution >= 4 is 25.1 Å². The maximum absolute atomic E-state index is 11.9. The van der Waals surface area contributed by atoms with Gasteiger partial charge in [-0.15, -0.1) is 0 Å². The van der Waals surface area contributed by atoms with Crippen LogP contribution in [0, 0.1) is 0 Å². The highest BCUT2D eigenvalue weighted by Crippen LogP contribution is 2.11. The molecule has 0 aromatic heterocycles. The van der Waals surface area contributed by atoms with E-state index in [1.165, 1.54) is 0 Å². The van der Waals surface area contributed by atoms with Gasteiger partial charge in [0.15, 0.2) is 0 Å². The van der Waals surface area contributed by atoms with Crippen molar-refractivity contribution < 1.29 is 13.7 Å². The first kappa shape index (κ1) is 13.0. The SMILES string of the molecule is [3H][B]SOCC1CN(C(=O)OC(C)(C)C)CCN1. The third-order valence-corrected chi connectivity index (χ3v) is 2.52. The summed E-state index contributed by atoms with van der Waals surface area (Å²) < 4.78 is 17.3. The fraction of sp³-hybridized carbons (Fsp3) is 0.900. The summed E-state index contributed by atoms with van der Waals surface area (Å²) in [6.45, 7) is 7.95. The Balaban J connectivity index is 2.36. The minimum absolute atomic E-state index is 0.0821. The van der Waals surface area contributed by atoms with Gasteiger partial charge in [-0.3, -0.25) is 0 Å². The molecule has 0 aromatic rings. The van der Waals surface area contributed by atoms with E-state index >= 15 is 0 Å². The van der Waals surface area contributed by atoms with E-state index in [1.54, 1.807) is 4.90 Å². The monoisotopic (exact) mass is 261 g/mol. The van der Waals surface area contributed by atoms with Crippen LogP contribution in [0.4, 0.5) is 4.79 Å². The largest absolute Gasteiger partial charge is 0.444 e. The van der Waals surface area contributed by atoms with E-state index < -0.39 is 5.60 Å². The number of hydrogen-bond acceptors (Lipinski definition) is 5. The van der Waals surface area contributed by atoms with Crippen LogP contribution in [-0.4, -0.2) is 57.3 Å². The summed E-state index contributed by atoms with van der Waals surface area (Å²) in [5, 5.41) is 3.26. The van der Waals surface area contributed by atoms with E-state index in [2.05, 4.69) is 5.32 Å². The van der Waals surface area contributed by atoms with Crippen molar-refractivity contribution in [3.8, 4) is 0 Å². The number of hydrogen-bond donors (Lipinski definition) is 1. The first-order valence-corrected chi connectivity index (χ1v) is 6.42. The number of carbonyl (C=O) groups is 1. The van der Waals surface area contributed by atoms with Gasteiger partial charge in [-0.25, -0.2) is 4.79 Å². The molecule has 1 heterocycles. The molecule has 0 saturated carbocycles. The number of carbonyl (C=O) groups excluding carboxylic acids is 1. The lowest BCUT2D eigenvalue weighted by Crippen LogP contribution is -2.54. The van der Waals surface area contributed by atoms with Crippen molar-refractivity contribution in [1.82, 2.24) is 10.2 Å².